The Morgan fingerprint density at radius 2 is 1.77 bits per heavy atom. The Morgan fingerprint density at radius 3 is 2.55 bits per heavy atom. The van der Waals surface area contributed by atoms with Crippen molar-refractivity contribution in [2.45, 2.75) is 0 Å². The lowest BCUT2D eigenvalue weighted by molar-refractivity contribution is 0.412. The summed E-state index contributed by atoms with van der Waals surface area (Å²) in [6.07, 6.45) is 1.81. The van der Waals surface area contributed by atoms with Gasteiger partial charge in [0.1, 0.15) is 11.6 Å². The van der Waals surface area contributed by atoms with E-state index >= 15 is 0 Å². The highest BCUT2D eigenvalue weighted by Crippen LogP contribution is 2.37. The fourth-order valence-electron chi connectivity index (χ4n) is 2.86. The molecule has 0 N–H and O–H groups in total. The zero-order valence-corrected chi connectivity index (χ0v) is 13.5. The van der Waals surface area contributed by atoms with Gasteiger partial charge in [0.05, 0.1) is 22.6 Å². The minimum Gasteiger partial charge on any atom is -0.495 e. The van der Waals surface area contributed by atoms with Crippen LogP contribution in [0.15, 0.2) is 65.3 Å². The maximum atomic E-state index is 5.46. The predicted molar refractivity (Wildman–Crippen MR) is 92.8 cm³/mol. The number of hydrogen-bond acceptors (Lipinski definition) is 2. The molecule has 4 rings (SSSR count). The molecule has 108 valence electrons. The molecule has 22 heavy (non-hydrogen) atoms. The molecule has 0 unspecified atom stereocenters. The number of para-hydroxylation sites is 1. The summed E-state index contributed by atoms with van der Waals surface area (Å²) in [6.45, 7) is 0. The molecule has 0 radical (unpaired) electrons. The van der Waals surface area contributed by atoms with Crippen molar-refractivity contribution in [3.05, 3.63) is 65.3 Å². The van der Waals surface area contributed by atoms with Crippen molar-refractivity contribution in [1.82, 2.24) is 9.55 Å². The average molecular weight is 353 g/mol. The van der Waals surface area contributed by atoms with Crippen LogP contribution in [0.4, 0.5) is 0 Å². The van der Waals surface area contributed by atoms with E-state index in [4.69, 9.17) is 4.74 Å². The number of aromatic nitrogens is 2. The van der Waals surface area contributed by atoms with Crippen molar-refractivity contribution < 1.29 is 4.74 Å². The fourth-order valence-corrected chi connectivity index (χ4v) is 3.36. The van der Waals surface area contributed by atoms with Crippen LogP contribution in [0.2, 0.25) is 0 Å². The molecule has 0 spiro atoms. The number of ether oxygens (including phenoxy) is 1. The molecule has 0 saturated carbocycles. The topological polar surface area (TPSA) is 27.1 Å². The summed E-state index contributed by atoms with van der Waals surface area (Å²) >= 11 is 3.58. The van der Waals surface area contributed by atoms with Gasteiger partial charge in [-0.25, -0.2) is 4.98 Å². The highest BCUT2D eigenvalue weighted by Gasteiger charge is 2.15. The molecular weight excluding hydrogens is 340 g/mol. The normalized spacial score (nSPS) is 11.2. The fraction of sp³-hybridized carbons (Fsp3) is 0.0556. The first-order valence-corrected chi connectivity index (χ1v) is 7.77. The molecule has 0 aliphatic carbocycles. The van der Waals surface area contributed by atoms with E-state index in [1.807, 2.05) is 36.5 Å². The summed E-state index contributed by atoms with van der Waals surface area (Å²) in [5.41, 5.74) is 2.22. The summed E-state index contributed by atoms with van der Waals surface area (Å²) in [6, 6.07) is 18.5. The number of halogens is 1. The van der Waals surface area contributed by atoms with Crippen LogP contribution in [0, 0.1) is 0 Å². The minimum absolute atomic E-state index is 0.812. The number of methoxy groups -OCH3 is 1. The molecule has 2 aromatic heterocycles. The van der Waals surface area contributed by atoms with Crippen LogP contribution < -0.4 is 4.74 Å². The molecule has 0 saturated heterocycles. The van der Waals surface area contributed by atoms with E-state index in [9.17, 15) is 0 Å². The van der Waals surface area contributed by atoms with Crippen molar-refractivity contribution in [1.29, 1.82) is 0 Å². The molecule has 4 aromatic rings. The second-order valence-electron chi connectivity index (χ2n) is 5.04. The van der Waals surface area contributed by atoms with E-state index in [1.54, 1.807) is 7.11 Å². The third-order valence-electron chi connectivity index (χ3n) is 3.82. The van der Waals surface area contributed by atoms with Gasteiger partial charge in [-0.05, 0) is 40.2 Å². The predicted octanol–water partition coefficient (Wildman–Crippen LogP) is 4.95. The molecule has 0 aliphatic heterocycles. The number of hydrogen-bond donors (Lipinski definition) is 0. The summed E-state index contributed by atoms with van der Waals surface area (Å²) in [5, 5.41) is 2.38. The van der Waals surface area contributed by atoms with Crippen LogP contribution >= 0.6 is 15.9 Å². The number of benzene rings is 2. The summed E-state index contributed by atoms with van der Waals surface area (Å²) in [5.74, 6) is 1.71. The van der Waals surface area contributed by atoms with Crippen molar-refractivity contribution in [2.24, 2.45) is 0 Å². The van der Waals surface area contributed by atoms with Crippen LogP contribution in [-0.2, 0) is 0 Å². The summed E-state index contributed by atoms with van der Waals surface area (Å²) < 4.78 is 8.58. The van der Waals surface area contributed by atoms with E-state index in [0.29, 0.717) is 0 Å². The number of fused-ring (bicyclic) bond motifs is 3. The lowest BCUT2D eigenvalue weighted by atomic mass is 10.1. The van der Waals surface area contributed by atoms with Crippen LogP contribution in [-0.4, -0.2) is 16.7 Å². The number of pyridine rings is 1. The monoisotopic (exact) mass is 352 g/mol. The van der Waals surface area contributed by atoms with E-state index in [-0.39, 0.29) is 0 Å². The van der Waals surface area contributed by atoms with Gasteiger partial charge < -0.3 is 4.74 Å². The molecule has 2 aromatic carbocycles. The number of rotatable bonds is 2. The first kappa shape index (κ1) is 13.3. The van der Waals surface area contributed by atoms with Gasteiger partial charge in [-0.3, -0.25) is 4.57 Å². The van der Waals surface area contributed by atoms with Gasteiger partial charge in [-0.15, -0.1) is 0 Å². The van der Waals surface area contributed by atoms with Crippen LogP contribution in [0.25, 0.3) is 27.6 Å². The molecule has 0 aliphatic rings. The van der Waals surface area contributed by atoms with Gasteiger partial charge in [0.2, 0.25) is 0 Å². The van der Waals surface area contributed by atoms with Crippen LogP contribution in [0.1, 0.15) is 0 Å². The van der Waals surface area contributed by atoms with Gasteiger partial charge in [0.15, 0.2) is 0 Å². The summed E-state index contributed by atoms with van der Waals surface area (Å²) in [4.78, 5) is 4.51. The minimum atomic E-state index is 0.812. The second kappa shape index (κ2) is 5.14. The van der Waals surface area contributed by atoms with Gasteiger partial charge in [-0.2, -0.15) is 0 Å². The Morgan fingerprint density at radius 1 is 0.955 bits per heavy atom. The van der Waals surface area contributed by atoms with Crippen molar-refractivity contribution in [3.8, 4) is 11.6 Å². The summed E-state index contributed by atoms with van der Waals surface area (Å²) in [7, 11) is 1.68. The van der Waals surface area contributed by atoms with E-state index in [1.165, 1.54) is 10.8 Å². The van der Waals surface area contributed by atoms with Crippen LogP contribution in [0.3, 0.4) is 0 Å². The van der Waals surface area contributed by atoms with E-state index in [2.05, 4.69) is 49.7 Å². The van der Waals surface area contributed by atoms with Crippen LogP contribution in [0.5, 0.6) is 5.75 Å². The van der Waals surface area contributed by atoms with Gasteiger partial charge in [0, 0.05) is 23.0 Å². The van der Waals surface area contributed by atoms with Gasteiger partial charge in [0.25, 0.3) is 0 Å². The van der Waals surface area contributed by atoms with Gasteiger partial charge >= 0.3 is 0 Å². The third-order valence-corrected chi connectivity index (χ3v) is 4.44. The third kappa shape index (κ3) is 1.91. The lowest BCUT2D eigenvalue weighted by Crippen LogP contribution is -1.96. The molecule has 0 fully saturated rings. The average Bonchev–Trinajstić information content (AvgIpc) is 2.88. The highest BCUT2D eigenvalue weighted by atomic mass is 79.9. The molecule has 0 bridgehead atoms. The second-order valence-corrected chi connectivity index (χ2v) is 5.90. The van der Waals surface area contributed by atoms with Crippen molar-refractivity contribution >= 4 is 37.7 Å². The zero-order valence-electron chi connectivity index (χ0n) is 12.0. The Kier molecular flexibility index (Phi) is 3.12. The largest absolute Gasteiger partial charge is 0.495 e. The first-order valence-electron chi connectivity index (χ1n) is 6.97. The molecule has 4 heteroatoms. The SMILES string of the molecule is COc1cc2c(cc1Br)c1ccccc1n2-c1ccccn1. The lowest BCUT2D eigenvalue weighted by Gasteiger charge is -2.08. The smallest absolute Gasteiger partial charge is 0.137 e. The standard InChI is InChI=1S/C18H13BrN2O/c1-22-17-11-16-13(10-14(17)19)12-6-2-3-7-15(12)21(16)18-8-4-5-9-20-18/h2-11H,1H3. The molecule has 3 nitrogen and oxygen atoms in total. The number of nitrogens with zero attached hydrogens (tertiary/aromatic N) is 2. The first-order chi connectivity index (χ1) is 10.8. The zero-order chi connectivity index (χ0) is 15.1. The maximum absolute atomic E-state index is 5.46. The Labute approximate surface area is 136 Å². The highest BCUT2D eigenvalue weighted by molar-refractivity contribution is 9.10. The Bertz CT molecular complexity index is 977. The quantitative estimate of drug-likeness (QED) is 0.510. The molecule has 0 amide bonds. The Balaban J connectivity index is 2.20. The van der Waals surface area contributed by atoms with Crippen molar-refractivity contribution in [2.75, 3.05) is 7.11 Å². The van der Waals surface area contributed by atoms with Crippen molar-refractivity contribution in [3.63, 3.8) is 0 Å². The van der Waals surface area contributed by atoms with E-state index in [0.717, 1.165) is 27.1 Å². The molecular formula is C18H13BrN2O. The Hall–Kier alpha value is -2.33. The molecule has 2 heterocycles. The molecule has 0 atom stereocenters. The van der Waals surface area contributed by atoms with E-state index < -0.39 is 0 Å². The van der Waals surface area contributed by atoms with Gasteiger partial charge in [-0.1, -0.05) is 24.3 Å². The maximum Gasteiger partial charge on any atom is 0.137 e.